The lowest BCUT2D eigenvalue weighted by atomic mass is 10.1. The van der Waals surface area contributed by atoms with E-state index in [1.807, 2.05) is 49.3 Å². The normalized spacial score (nSPS) is 15.2. The Kier molecular flexibility index (Phi) is 6.13. The van der Waals surface area contributed by atoms with Crippen LogP contribution < -0.4 is 4.72 Å². The molecule has 0 amide bonds. The molecule has 0 radical (unpaired) electrons. The van der Waals surface area contributed by atoms with E-state index in [-0.39, 0.29) is 12.3 Å². The third-order valence-electron chi connectivity index (χ3n) is 2.83. The number of hydrogen-bond donors (Lipinski definition) is 2. The predicted molar refractivity (Wildman–Crippen MR) is 81.1 cm³/mol. The highest BCUT2D eigenvalue weighted by Crippen LogP contribution is 2.05. The van der Waals surface area contributed by atoms with Gasteiger partial charge in [-0.3, -0.25) is 0 Å². The summed E-state index contributed by atoms with van der Waals surface area (Å²) in [5.41, 5.74) is -0.0959. The second-order valence-electron chi connectivity index (χ2n) is 5.61. The highest BCUT2D eigenvalue weighted by atomic mass is 32.2. The van der Waals surface area contributed by atoms with Crippen LogP contribution in [0, 0.1) is 0 Å². The zero-order chi connectivity index (χ0) is 15.2. The van der Waals surface area contributed by atoms with Crippen LogP contribution in [-0.2, 0) is 16.4 Å². The molecule has 1 aromatic carbocycles. The van der Waals surface area contributed by atoms with Crippen LogP contribution in [0.25, 0.3) is 0 Å². The van der Waals surface area contributed by atoms with E-state index in [0.717, 1.165) is 5.56 Å². The topological polar surface area (TPSA) is 69.6 Å². The first kappa shape index (κ1) is 17.1. The van der Waals surface area contributed by atoms with Gasteiger partial charge in [-0.2, -0.15) is 0 Å². The van der Waals surface area contributed by atoms with E-state index in [2.05, 4.69) is 4.72 Å². The Morgan fingerprint density at radius 1 is 1.25 bits per heavy atom. The number of nitrogens with one attached hydrogen (secondary N) is 1. The minimum atomic E-state index is -3.38. The Balaban J connectivity index is 2.46. The average Bonchev–Trinajstić information content (AvgIpc) is 2.34. The van der Waals surface area contributed by atoms with Crippen LogP contribution >= 0.6 is 0 Å². The molecular formula is C14H24N2O3S. The molecule has 0 fully saturated rings. The predicted octanol–water partition coefficient (Wildman–Crippen LogP) is 0.461. The van der Waals surface area contributed by atoms with E-state index >= 15 is 0 Å². The number of likely N-dealkylation sites (N-methyl/N-ethyl adjacent to an activating group) is 1. The number of sulfonamides is 1. The molecule has 6 heteroatoms. The van der Waals surface area contributed by atoms with E-state index < -0.39 is 15.6 Å². The van der Waals surface area contributed by atoms with Gasteiger partial charge in [0.1, 0.15) is 0 Å². The summed E-state index contributed by atoms with van der Waals surface area (Å²) >= 11 is 0. The van der Waals surface area contributed by atoms with Gasteiger partial charge in [-0.15, -0.1) is 0 Å². The summed E-state index contributed by atoms with van der Waals surface area (Å²) in [5.74, 6) is 0.0229. The molecule has 5 nitrogen and oxygen atoms in total. The maximum absolute atomic E-state index is 11.9. The summed E-state index contributed by atoms with van der Waals surface area (Å²) in [4.78, 5) is 1.82. The number of rotatable bonds is 8. The van der Waals surface area contributed by atoms with Crippen LogP contribution in [0.4, 0.5) is 0 Å². The lowest BCUT2D eigenvalue weighted by Crippen LogP contribution is -2.47. The number of nitrogens with zero attached hydrogens (tertiary/aromatic N) is 1. The fourth-order valence-electron chi connectivity index (χ4n) is 1.97. The quantitative estimate of drug-likeness (QED) is 0.732. The van der Waals surface area contributed by atoms with Gasteiger partial charge in [-0.1, -0.05) is 30.3 Å². The van der Waals surface area contributed by atoms with Gasteiger partial charge in [0.25, 0.3) is 0 Å². The van der Waals surface area contributed by atoms with Gasteiger partial charge in [0.15, 0.2) is 0 Å². The van der Waals surface area contributed by atoms with E-state index in [1.165, 1.54) is 0 Å². The summed E-state index contributed by atoms with van der Waals surface area (Å²) in [7, 11) is 0.286. The summed E-state index contributed by atoms with van der Waals surface area (Å²) in [6.45, 7) is 2.03. The Morgan fingerprint density at radius 3 is 2.40 bits per heavy atom. The molecule has 1 aromatic rings. The van der Waals surface area contributed by atoms with Crippen LogP contribution in [0.1, 0.15) is 12.5 Å². The maximum Gasteiger partial charge on any atom is 0.212 e. The summed E-state index contributed by atoms with van der Waals surface area (Å²) in [6.07, 6.45) is 0.464. The second kappa shape index (κ2) is 7.17. The lowest BCUT2D eigenvalue weighted by molar-refractivity contribution is 0.0386. The molecule has 1 rings (SSSR count). The molecule has 20 heavy (non-hydrogen) atoms. The van der Waals surface area contributed by atoms with E-state index in [4.69, 9.17) is 0 Å². The molecule has 0 aromatic heterocycles. The van der Waals surface area contributed by atoms with Crippen LogP contribution in [0.5, 0.6) is 0 Å². The Morgan fingerprint density at radius 2 is 1.85 bits per heavy atom. The summed E-state index contributed by atoms with van der Waals surface area (Å²) < 4.78 is 26.3. The number of benzene rings is 1. The van der Waals surface area contributed by atoms with Gasteiger partial charge in [0.05, 0.1) is 11.4 Å². The van der Waals surface area contributed by atoms with Crippen LogP contribution in [0.15, 0.2) is 30.3 Å². The van der Waals surface area contributed by atoms with Crippen molar-refractivity contribution in [1.29, 1.82) is 0 Å². The fourth-order valence-corrected chi connectivity index (χ4v) is 3.15. The molecule has 0 bridgehead atoms. The smallest absolute Gasteiger partial charge is 0.212 e. The minimum Gasteiger partial charge on any atom is -0.387 e. The molecule has 0 aliphatic heterocycles. The average molecular weight is 300 g/mol. The molecule has 0 saturated carbocycles. The lowest BCUT2D eigenvalue weighted by Gasteiger charge is -2.27. The molecule has 1 atom stereocenters. The van der Waals surface area contributed by atoms with Crippen molar-refractivity contribution in [3.05, 3.63) is 35.9 Å². The SMILES string of the molecule is CN(C)CC(C)(O)CNS(=O)(=O)CCc1ccccc1. The van der Waals surface area contributed by atoms with Crippen LogP contribution in [0.3, 0.4) is 0 Å². The van der Waals surface area contributed by atoms with Gasteiger partial charge < -0.3 is 10.0 Å². The number of aliphatic hydroxyl groups is 1. The zero-order valence-corrected chi connectivity index (χ0v) is 13.2. The van der Waals surface area contributed by atoms with E-state index in [1.54, 1.807) is 6.92 Å². The van der Waals surface area contributed by atoms with Crippen LogP contribution in [-0.4, -0.2) is 57.0 Å². The Labute approximate surface area is 121 Å². The van der Waals surface area contributed by atoms with Crippen molar-refractivity contribution in [3.63, 3.8) is 0 Å². The van der Waals surface area contributed by atoms with Crippen molar-refractivity contribution in [1.82, 2.24) is 9.62 Å². The Bertz CT molecular complexity index is 498. The molecule has 0 heterocycles. The molecular weight excluding hydrogens is 276 g/mol. The number of hydrogen-bond acceptors (Lipinski definition) is 4. The standard InChI is InChI=1S/C14H24N2O3S/c1-14(17,12-16(2)3)11-15-20(18,19)10-9-13-7-5-4-6-8-13/h4-8,15,17H,9-12H2,1-3H3. The van der Waals surface area contributed by atoms with Gasteiger partial charge in [0, 0.05) is 13.1 Å². The first-order valence-electron chi connectivity index (χ1n) is 6.59. The van der Waals surface area contributed by atoms with Gasteiger partial charge in [0.2, 0.25) is 10.0 Å². The largest absolute Gasteiger partial charge is 0.387 e. The third kappa shape index (κ3) is 7.00. The molecule has 2 N–H and O–H groups in total. The maximum atomic E-state index is 11.9. The molecule has 1 unspecified atom stereocenters. The minimum absolute atomic E-state index is 0.0162. The highest BCUT2D eigenvalue weighted by Gasteiger charge is 2.23. The molecule has 0 aliphatic carbocycles. The van der Waals surface area contributed by atoms with Crippen molar-refractivity contribution in [3.8, 4) is 0 Å². The monoisotopic (exact) mass is 300 g/mol. The molecule has 114 valence electrons. The van der Waals surface area contributed by atoms with Gasteiger partial charge >= 0.3 is 0 Å². The van der Waals surface area contributed by atoms with E-state index in [9.17, 15) is 13.5 Å². The first-order chi connectivity index (χ1) is 9.20. The van der Waals surface area contributed by atoms with Crippen molar-refractivity contribution >= 4 is 10.0 Å². The zero-order valence-electron chi connectivity index (χ0n) is 12.3. The highest BCUT2D eigenvalue weighted by molar-refractivity contribution is 7.89. The van der Waals surface area contributed by atoms with Crippen molar-refractivity contribution in [2.45, 2.75) is 18.9 Å². The molecule has 0 aliphatic rings. The van der Waals surface area contributed by atoms with Crippen molar-refractivity contribution in [2.75, 3.05) is 32.9 Å². The van der Waals surface area contributed by atoms with Gasteiger partial charge in [-0.25, -0.2) is 13.1 Å². The molecule has 0 saturated heterocycles. The number of aryl methyl sites for hydroxylation is 1. The third-order valence-corrected chi connectivity index (χ3v) is 4.16. The first-order valence-corrected chi connectivity index (χ1v) is 8.24. The second-order valence-corrected chi connectivity index (χ2v) is 7.54. The Hall–Kier alpha value is -0.950. The molecule has 0 spiro atoms. The summed E-state index contributed by atoms with van der Waals surface area (Å²) in [5, 5.41) is 10.1. The van der Waals surface area contributed by atoms with Crippen molar-refractivity contribution in [2.24, 2.45) is 0 Å². The van der Waals surface area contributed by atoms with Crippen LogP contribution in [0.2, 0.25) is 0 Å². The van der Waals surface area contributed by atoms with Gasteiger partial charge in [-0.05, 0) is 33.0 Å². The fraction of sp³-hybridized carbons (Fsp3) is 0.571. The van der Waals surface area contributed by atoms with Crippen molar-refractivity contribution < 1.29 is 13.5 Å². The summed E-state index contributed by atoms with van der Waals surface area (Å²) in [6, 6.07) is 9.47. The van der Waals surface area contributed by atoms with E-state index in [0.29, 0.717) is 13.0 Å².